The number of hydrogen-bond donors (Lipinski definition) is 14. The first-order chi connectivity index (χ1) is 43.8. The van der Waals surface area contributed by atoms with Gasteiger partial charge in [-0.2, -0.15) is 83.2 Å². The Morgan fingerprint density at radius 1 is 0.553 bits per heavy atom. The number of fused-ring (bicyclic) bond motifs is 2. The third-order valence-electron chi connectivity index (χ3n) is 11.9. The molecule has 0 aliphatic rings. The van der Waals surface area contributed by atoms with E-state index in [-0.39, 0.29) is 141 Å². The quantitative estimate of drug-likeness (QED) is 0.00444. The van der Waals surface area contributed by atoms with Gasteiger partial charge in [0.05, 0.1) is 54.1 Å². The molecule has 6 aromatic carbocycles. The van der Waals surface area contributed by atoms with Gasteiger partial charge >= 0.3 is 103 Å². The predicted molar refractivity (Wildman–Crippen MR) is 304 cm³/mol. The van der Waals surface area contributed by atoms with Gasteiger partial charge in [-0.05, 0) is 84.3 Å². The number of nitrogens with two attached hydrogens (primary N) is 4. The van der Waals surface area contributed by atoms with Crippen LogP contribution < -0.4 is 120 Å². The number of anilines is 6. The number of nitrogens with zero attached hydrogens (tertiary/aromatic N) is 10. The maximum atomic E-state index is 12.9. The molecule has 2 heterocycles. The van der Waals surface area contributed by atoms with Crippen LogP contribution in [0.3, 0.4) is 0 Å². The van der Waals surface area contributed by atoms with Gasteiger partial charge in [-0.3, -0.25) is 36.3 Å². The molecule has 0 atom stereocenters. The summed E-state index contributed by atoms with van der Waals surface area (Å²) in [4.78, 5) is 78.7. The van der Waals surface area contributed by atoms with Crippen molar-refractivity contribution in [1.82, 2.24) is 40.8 Å². The van der Waals surface area contributed by atoms with Crippen LogP contribution in [0.25, 0.3) is 21.5 Å². The van der Waals surface area contributed by atoms with Gasteiger partial charge in [0.2, 0.25) is 35.6 Å². The smallest absolute Gasteiger partial charge is 0.744 e. The van der Waals surface area contributed by atoms with Gasteiger partial charge in [-0.15, -0.1) is 20.5 Å². The second kappa shape index (κ2) is 32.3. The number of rotatable bonds is 27. The number of benzene rings is 6. The van der Waals surface area contributed by atoms with Crippen LogP contribution in [-0.2, 0) is 67.6 Å². The van der Waals surface area contributed by atoms with E-state index in [2.05, 4.69) is 110 Å². The van der Waals surface area contributed by atoms with Crippen LogP contribution in [0.5, 0.6) is 23.5 Å². The molecule has 18 N–H and O–H groups in total. The number of azo groups is 2. The Kier molecular flexibility index (Phi) is 25.5. The molecule has 0 aliphatic carbocycles. The molecule has 42 nitrogen and oxygen atoms in total. The topological polar surface area (TPSA) is 656 Å². The summed E-state index contributed by atoms with van der Waals surface area (Å²) in [6, 6.07) is 14.0. The van der Waals surface area contributed by atoms with Crippen molar-refractivity contribution in [3.63, 3.8) is 0 Å². The number of carbonyl (C=O) groups excluding carboxylic acids is 4. The Labute approximate surface area is 573 Å². The van der Waals surface area contributed by atoms with Crippen LogP contribution in [0.2, 0.25) is 0 Å². The van der Waals surface area contributed by atoms with E-state index in [4.69, 9.17) is 23.6 Å². The summed E-state index contributed by atoms with van der Waals surface area (Å²) in [7, 11) is -15.2. The van der Waals surface area contributed by atoms with Gasteiger partial charge < -0.3 is 50.5 Å². The summed E-state index contributed by atoms with van der Waals surface area (Å²) in [5.74, 6) is 12.3. The molecule has 8 aromatic rings. The second-order valence-corrected chi connectivity index (χ2v) is 22.9. The van der Waals surface area contributed by atoms with Crippen molar-refractivity contribution >= 4 is 146 Å². The van der Waals surface area contributed by atoms with E-state index in [0.29, 0.717) is 6.07 Å². The van der Waals surface area contributed by atoms with Crippen molar-refractivity contribution in [2.24, 2.45) is 44.0 Å². The summed E-state index contributed by atoms with van der Waals surface area (Å²) in [5, 5.41) is 77.8. The van der Waals surface area contributed by atoms with E-state index in [1.165, 1.54) is 48.5 Å². The van der Waals surface area contributed by atoms with Crippen molar-refractivity contribution in [1.29, 1.82) is 0 Å². The molecule has 0 radical (unpaired) electrons. The average Bonchev–Trinajstić information content (AvgIpc) is 0.756. The number of unbranched alkanes of at least 4 members (excludes halogenated alkanes) is 1. The van der Waals surface area contributed by atoms with Crippen molar-refractivity contribution in [3.8, 4) is 23.5 Å². The number of amides is 2. The van der Waals surface area contributed by atoms with E-state index in [9.17, 15) is 74.7 Å². The largest absolute Gasteiger partial charge is 1.00 e. The van der Waals surface area contributed by atoms with E-state index in [0.717, 1.165) is 30.3 Å². The Morgan fingerprint density at radius 2 is 0.968 bits per heavy atom. The molecule has 0 unspecified atom stereocenters. The zero-order valence-electron chi connectivity index (χ0n) is 47.5. The number of carbonyl (C=O) groups is 4. The molecule has 94 heavy (non-hydrogen) atoms. The standard InChI is InChI=1S/C46H42N20O22S4.2Na/c47-83-39(71)23-7-1-3-9-25(23)59-63-35-29(89-88-87-75)15-19-13-21(91(79,80)85-49)17-27(33(19)37(35)69)51-41-53-43(57-45(73)55-41)65-61-31(67)11-5-6-12-32(68)62-66-44-54-42(56-46(74)58-44)52-28-18-22(92(81,82)86-50)14-20-16-30(90(76,77)78)36(38(70)34(20)28)64-60-26-10-4-2-8-24(26)40(72)84-48;;/h1-4,7-10,13-18,69-70,75H,5-6,11-12,47-50H2,(H,61,67)(H,62,68)(H,76,77,78)(H3,51,53,55,57,65,73)(H3,52,54,56,58,66,74);;/q;2*+1/p-2. The molecule has 2 amide bonds. The zero-order valence-corrected chi connectivity index (χ0v) is 54.7. The maximum absolute atomic E-state index is 12.9. The average molecular weight is 1400 g/mol. The van der Waals surface area contributed by atoms with Crippen molar-refractivity contribution in [2.75, 3.05) is 21.5 Å². The molecular formula is C46H40N20Na2O22S4. The van der Waals surface area contributed by atoms with Gasteiger partial charge in [-0.25, -0.2) is 18.0 Å². The van der Waals surface area contributed by atoms with Crippen LogP contribution >= 0.6 is 12.0 Å². The maximum Gasteiger partial charge on any atom is 1.00 e. The minimum absolute atomic E-state index is 0. The van der Waals surface area contributed by atoms with Crippen LogP contribution in [0, 0.1) is 0 Å². The van der Waals surface area contributed by atoms with Gasteiger partial charge in [0.15, 0.2) is 11.5 Å². The van der Waals surface area contributed by atoms with Crippen molar-refractivity contribution in [3.05, 3.63) is 96.1 Å². The van der Waals surface area contributed by atoms with Crippen LogP contribution in [0.1, 0.15) is 46.4 Å². The van der Waals surface area contributed by atoms with Crippen molar-refractivity contribution in [2.45, 2.75) is 45.3 Å². The van der Waals surface area contributed by atoms with E-state index in [1.807, 2.05) is 0 Å². The van der Waals surface area contributed by atoms with Gasteiger partial charge in [0.1, 0.15) is 32.9 Å². The van der Waals surface area contributed by atoms with E-state index in [1.54, 1.807) is 0 Å². The molecule has 48 heteroatoms. The number of hydrogen-bond acceptors (Lipinski definition) is 41. The summed E-state index contributed by atoms with van der Waals surface area (Å²) in [5.41, 5.74) is 6.00. The first-order valence-electron chi connectivity index (χ1n) is 24.7. The summed E-state index contributed by atoms with van der Waals surface area (Å²) >= 11 is 0.202. The summed E-state index contributed by atoms with van der Waals surface area (Å²) < 4.78 is 102. The first-order valence-corrected chi connectivity index (χ1v) is 29.6. The van der Waals surface area contributed by atoms with Crippen LogP contribution in [0.15, 0.2) is 125 Å². The van der Waals surface area contributed by atoms with Gasteiger partial charge in [-0.1, -0.05) is 24.3 Å². The molecule has 2 aromatic heterocycles. The minimum Gasteiger partial charge on any atom is -0.744 e. The van der Waals surface area contributed by atoms with Crippen molar-refractivity contribution < 1.29 is 161 Å². The Bertz CT molecular complexity index is 4670. The normalized spacial score (nSPS) is 11.6. The third-order valence-corrected chi connectivity index (χ3v) is 15.5. The fraction of sp³-hybridized carbons (Fsp3) is 0.0870. The number of phenols is 2. The van der Waals surface area contributed by atoms with Gasteiger partial charge in [0.25, 0.3) is 0 Å². The molecule has 8 rings (SSSR count). The Morgan fingerprint density at radius 3 is 1.39 bits per heavy atom. The molecule has 0 fully saturated rings. The van der Waals surface area contributed by atoms with Crippen LogP contribution in [0.4, 0.5) is 57.9 Å². The number of hydrazine groups is 2. The fourth-order valence-corrected chi connectivity index (χ4v) is 10.4. The third kappa shape index (κ3) is 18.1. The summed E-state index contributed by atoms with van der Waals surface area (Å²) in [6.45, 7) is 0. The minimum atomic E-state index is -5.58. The fourth-order valence-electron chi connectivity index (χ4n) is 7.96. The Balaban J connectivity index is 0.00000700. The summed E-state index contributed by atoms with van der Waals surface area (Å²) in [6.07, 6.45) is -0.414. The number of aromatic nitrogens is 6. The number of nitrogens with one attached hydrogen (secondary N) is 6. The monoisotopic (exact) mass is 1400 g/mol. The molecule has 482 valence electrons. The van der Waals surface area contributed by atoms with Crippen LogP contribution in [-0.4, -0.2) is 104 Å². The first kappa shape index (κ1) is 74.2. The predicted octanol–water partition coefficient (Wildman–Crippen LogP) is -3.99. The molecule has 0 aliphatic heterocycles. The second-order valence-electron chi connectivity index (χ2n) is 17.7. The molecule has 0 saturated carbocycles. The number of aromatic hydroxyl groups is 4. The molecule has 0 bridgehead atoms. The molecule has 0 spiro atoms. The van der Waals surface area contributed by atoms with E-state index >= 15 is 0 Å². The SMILES string of the molecule is NOC(=O)c1ccccc1N=Nc1c(SOO[O-])cc2cc(S(=O)(=O)ON)cc(Nc3nc(O)nc(NNC(=O)CCCCC(=O)NNc4nc(O)nc(Nc5cc(S(=O)(=O)ON)cc6cc(S(=O)(=O)[O-])c(N=Nc7ccccc7C(=O)ON)c(O)c56)n4)n3)c2c1O.[Na+].[Na+]. The van der Waals surface area contributed by atoms with E-state index < -0.39 is 144 Å². The Hall–Kier alpha value is -8.86. The van der Waals surface area contributed by atoms with Gasteiger partial charge in [0, 0.05) is 23.6 Å². The molecule has 0 saturated heterocycles. The molecular weight excluding hydrogens is 1360 g/mol. The number of phenolic OH excluding ortho intramolecular Hbond substituents is 2. The zero-order chi connectivity index (χ0) is 66.7.